The number of hydrogen-bond acceptors (Lipinski definition) is 4. The number of carbonyl (C=O) groups excluding carboxylic acids is 1. The summed E-state index contributed by atoms with van der Waals surface area (Å²) in [5.41, 5.74) is 1.71. The molecule has 0 spiro atoms. The van der Waals surface area contributed by atoms with Crippen molar-refractivity contribution in [1.82, 2.24) is 9.29 Å². The lowest BCUT2D eigenvalue weighted by Gasteiger charge is -2.26. The van der Waals surface area contributed by atoms with Gasteiger partial charge in [-0.1, -0.05) is 18.6 Å². The zero-order valence-electron chi connectivity index (χ0n) is 16.5. The quantitative estimate of drug-likeness (QED) is 0.770. The minimum atomic E-state index is -3.63. The van der Waals surface area contributed by atoms with Gasteiger partial charge in [-0.15, -0.1) is 0 Å². The maximum Gasteiger partial charge on any atom is 0.272 e. The van der Waals surface area contributed by atoms with Crippen LogP contribution >= 0.6 is 0 Å². The second kappa shape index (κ2) is 8.36. The molecule has 0 aliphatic carbocycles. The first-order valence-corrected chi connectivity index (χ1v) is 11.0. The smallest absolute Gasteiger partial charge is 0.272 e. The zero-order chi connectivity index (χ0) is 20.3. The van der Waals surface area contributed by atoms with Crippen LogP contribution in [0.3, 0.4) is 0 Å². The summed E-state index contributed by atoms with van der Waals surface area (Å²) >= 11 is 0. The molecule has 0 atom stereocenters. The fourth-order valence-electron chi connectivity index (χ4n) is 3.62. The van der Waals surface area contributed by atoms with Crippen molar-refractivity contribution >= 4 is 21.6 Å². The Balaban J connectivity index is 1.90. The van der Waals surface area contributed by atoms with E-state index < -0.39 is 15.9 Å². The summed E-state index contributed by atoms with van der Waals surface area (Å²) in [4.78, 5) is 16.0. The van der Waals surface area contributed by atoms with E-state index in [1.807, 2.05) is 13.0 Å². The number of hydrogen-bond donors (Lipinski definition) is 2. The SMILES string of the molecule is CCOc1ccccc1NC(=O)c1[nH]c(C)c(S(=O)(=O)N2CCCCC2)c1C. The standard InChI is InChI=1S/C20H27N3O4S/c1-4-27-17-11-7-6-10-16(17)22-20(24)18-14(2)19(15(3)21-18)28(25,26)23-12-8-5-9-13-23/h6-7,10-11,21H,4-5,8-9,12-13H2,1-3H3,(H,22,24). The van der Waals surface area contributed by atoms with Crippen molar-refractivity contribution in [3.8, 4) is 5.75 Å². The first-order valence-electron chi connectivity index (χ1n) is 9.58. The van der Waals surface area contributed by atoms with Gasteiger partial charge >= 0.3 is 0 Å². The molecule has 8 heteroatoms. The third-order valence-corrected chi connectivity index (χ3v) is 7.12. The van der Waals surface area contributed by atoms with Crippen LogP contribution in [0.2, 0.25) is 0 Å². The van der Waals surface area contributed by atoms with E-state index in [0.717, 1.165) is 19.3 Å². The summed E-state index contributed by atoms with van der Waals surface area (Å²) in [7, 11) is -3.63. The van der Waals surface area contributed by atoms with E-state index in [2.05, 4.69) is 10.3 Å². The third-order valence-electron chi connectivity index (χ3n) is 4.94. The second-order valence-corrected chi connectivity index (χ2v) is 8.80. The van der Waals surface area contributed by atoms with Crippen molar-refractivity contribution in [3.05, 3.63) is 41.2 Å². The van der Waals surface area contributed by atoms with Crippen LogP contribution in [0.25, 0.3) is 0 Å². The van der Waals surface area contributed by atoms with Crippen molar-refractivity contribution in [3.63, 3.8) is 0 Å². The van der Waals surface area contributed by atoms with Crippen LogP contribution in [-0.4, -0.2) is 43.3 Å². The molecule has 152 valence electrons. The predicted molar refractivity (Wildman–Crippen MR) is 108 cm³/mol. The van der Waals surface area contributed by atoms with Gasteiger partial charge in [-0.05, 0) is 51.3 Å². The van der Waals surface area contributed by atoms with Gasteiger partial charge < -0.3 is 15.0 Å². The van der Waals surface area contributed by atoms with E-state index in [1.165, 1.54) is 4.31 Å². The normalized spacial score (nSPS) is 15.4. The Morgan fingerprint density at radius 3 is 2.54 bits per heavy atom. The Bertz CT molecular complexity index is 960. The average molecular weight is 406 g/mol. The number of carbonyl (C=O) groups is 1. The Morgan fingerprint density at radius 2 is 1.86 bits per heavy atom. The molecule has 1 amide bonds. The van der Waals surface area contributed by atoms with E-state index in [-0.39, 0.29) is 10.6 Å². The molecule has 2 N–H and O–H groups in total. The summed E-state index contributed by atoms with van der Waals surface area (Å²) in [6.07, 6.45) is 2.77. The molecule has 2 heterocycles. The highest BCUT2D eigenvalue weighted by atomic mass is 32.2. The van der Waals surface area contributed by atoms with Crippen LogP contribution in [0, 0.1) is 13.8 Å². The number of aromatic nitrogens is 1. The minimum Gasteiger partial charge on any atom is -0.492 e. The van der Waals surface area contributed by atoms with E-state index in [4.69, 9.17) is 4.74 Å². The fraction of sp³-hybridized carbons (Fsp3) is 0.450. The number of amides is 1. The van der Waals surface area contributed by atoms with E-state index in [1.54, 1.807) is 32.0 Å². The van der Waals surface area contributed by atoms with Crippen molar-refractivity contribution in [2.75, 3.05) is 25.0 Å². The van der Waals surface area contributed by atoms with Gasteiger partial charge in [-0.3, -0.25) is 4.79 Å². The number of rotatable bonds is 6. The predicted octanol–water partition coefficient (Wildman–Crippen LogP) is 3.46. The summed E-state index contributed by atoms with van der Waals surface area (Å²) in [5.74, 6) is 0.174. The number of benzene rings is 1. The van der Waals surface area contributed by atoms with Gasteiger partial charge in [0.1, 0.15) is 16.3 Å². The monoisotopic (exact) mass is 405 g/mol. The maximum absolute atomic E-state index is 13.1. The van der Waals surface area contributed by atoms with Gasteiger partial charge in [-0.25, -0.2) is 8.42 Å². The Labute approximate surface area is 166 Å². The van der Waals surface area contributed by atoms with E-state index in [0.29, 0.717) is 42.4 Å². The van der Waals surface area contributed by atoms with Crippen LogP contribution in [0.1, 0.15) is 47.9 Å². The molecule has 0 radical (unpaired) electrons. The zero-order valence-corrected chi connectivity index (χ0v) is 17.4. The summed E-state index contributed by atoms with van der Waals surface area (Å²) in [6.45, 7) is 6.75. The highest BCUT2D eigenvalue weighted by Crippen LogP contribution is 2.30. The van der Waals surface area contributed by atoms with Crippen molar-refractivity contribution in [2.24, 2.45) is 0 Å². The van der Waals surface area contributed by atoms with Gasteiger partial charge in [0.25, 0.3) is 5.91 Å². The topological polar surface area (TPSA) is 91.5 Å². The van der Waals surface area contributed by atoms with Crippen LogP contribution in [-0.2, 0) is 10.0 Å². The molecule has 0 saturated carbocycles. The molecular weight excluding hydrogens is 378 g/mol. The maximum atomic E-state index is 13.1. The summed E-state index contributed by atoms with van der Waals surface area (Å²) in [6, 6.07) is 7.16. The first-order chi connectivity index (χ1) is 13.4. The molecule has 28 heavy (non-hydrogen) atoms. The highest BCUT2D eigenvalue weighted by Gasteiger charge is 2.32. The Kier molecular flexibility index (Phi) is 6.10. The molecule has 1 aliphatic rings. The average Bonchev–Trinajstić information content (AvgIpc) is 2.99. The highest BCUT2D eigenvalue weighted by molar-refractivity contribution is 7.89. The van der Waals surface area contributed by atoms with Gasteiger partial charge in [-0.2, -0.15) is 4.31 Å². The molecule has 7 nitrogen and oxygen atoms in total. The van der Waals surface area contributed by atoms with Gasteiger partial charge in [0.05, 0.1) is 12.3 Å². The number of nitrogens with one attached hydrogen (secondary N) is 2. The van der Waals surface area contributed by atoms with Crippen molar-refractivity contribution in [1.29, 1.82) is 0 Å². The number of anilines is 1. The molecule has 1 fully saturated rings. The van der Waals surface area contributed by atoms with Crippen LogP contribution in [0.15, 0.2) is 29.2 Å². The van der Waals surface area contributed by atoms with E-state index in [9.17, 15) is 13.2 Å². The first kappa shape index (κ1) is 20.4. The van der Waals surface area contributed by atoms with Gasteiger partial charge in [0.2, 0.25) is 10.0 Å². The number of ether oxygens (including phenoxy) is 1. The van der Waals surface area contributed by atoms with Crippen molar-refractivity contribution in [2.45, 2.75) is 44.9 Å². The number of para-hydroxylation sites is 2. The van der Waals surface area contributed by atoms with Crippen LogP contribution in [0.4, 0.5) is 5.69 Å². The third kappa shape index (κ3) is 3.93. The number of aromatic amines is 1. The summed E-state index contributed by atoms with van der Waals surface area (Å²) in [5, 5.41) is 2.82. The molecule has 1 saturated heterocycles. The number of piperidine rings is 1. The molecule has 1 aromatic carbocycles. The molecule has 3 rings (SSSR count). The Morgan fingerprint density at radius 1 is 1.18 bits per heavy atom. The van der Waals surface area contributed by atoms with Gasteiger partial charge in [0, 0.05) is 18.8 Å². The number of H-pyrrole nitrogens is 1. The van der Waals surface area contributed by atoms with E-state index >= 15 is 0 Å². The number of aryl methyl sites for hydroxylation is 1. The lowest BCUT2D eigenvalue weighted by Crippen LogP contribution is -2.36. The van der Waals surface area contributed by atoms with Crippen molar-refractivity contribution < 1.29 is 17.9 Å². The lowest BCUT2D eigenvalue weighted by molar-refractivity contribution is 0.102. The molecule has 1 aromatic heterocycles. The fourth-order valence-corrected chi connectivity index (χ4v) is 5.54. The van der Waals surface area contributed by atoms with Crippen LogP contribution in [0.5, 0.6) is 5.75 Å². The van der Waals surface area contributed by atoms with Gasteiger partial charge in [0.15, 0.2) is 0 Å². The minimum absolute atomic E-state index is 0.206. The Hall–Kier alpha value is -2.32. The lowest BCUT2D eigenvalue weighted by atomic mass is 10.2. The molecule has 0 unspecified atom stereocenters. The van der Waals surface area contributed by atoms with Crippen LogP contribution < -0.4 is 10.1 Å². The molecule has 0 bridgehead atoms. The number of nitrogens with zero attached hydrogens (tertiary/aromatic N) is 1. The second-order valence-electron chi connectivity index (χ2n) is 6.93. The molecule has 2 aromatic rings. The molecule has 1 aliphatic heterocycles. The number of sulfonamides is 1. The summed E-state index contributed by atoms with van der Waals surface area (Å²) < 4.78 is 33.3. The molecular formula is C20H27N3O4S. The largest absolute Gasteiger partial charge is 0.492 e.